The molecule has 2 amide bonds. The van der Waals surface area contributed by atoms with Gasteiger partial charge in [0.25, 0.3) is 0 Å². The van der Waals surface area contributed by atoms with Crippen molar-refractivity contribution in [1.82, 2.24) is 10.2 Å². The first-order valence-corrected chi connectivity index (χ1v) is 13.1. The molecule has 0 aromatic heterocycles. The summed E-state index contributed by atoms with van der Waals surface area (Å²) >= 11 is 12.0. The van der Waals surface area contributed by atoms with Crippen LogP contribution in [0.15, 0.2) is 42.5 Å². The number of hydrogen-bond donors (Lipinski definition) is 1. The van der Waals surface area contributed by atoms with Gasteiger partial charge in [-0.1, -0.05) is 60.0 Å². The van der Waals surface area contributed by atoms with Crippen molar-refractivity contribution in [3.63, 3.8) is 0 Å². The number of aryl methyl sites for hydroxylation is 1. The Morgan fingerprint density at radius 3 is 2.36 bits per heavy atom. The van der Waals surface area contributed by atoms with Crippen molar-refractivity contribution in [2.45, 2.75) is 39.8 Å². The minimum absolute atomic E-state index is 0.153. The molecule has 1 N–H and O–H groups in total. The Kier molecular flexibility index (Phi) is 9.57. The number of rotatable bonds is 10. The largest absolute Gasteiger partial charge is 0.354 e. The van der Waals surface area contributed by atoms with E-state index in [0.717, 1.165) is 28.1 Å². The minimum atomic E-state index is -3.83. The number of sulfonamides is 1. The maximum absolute atomic E-state index is 13.4. The molecule has 10 heteroatoms. The van der Waals surface area contributed by atoms with Gasteiger partial charge in [0.2, 0.25) is 21.8 Å². The van der Waals surface area contributed by atoms with Gasteiger partial charge in [0.15, 0.2) is 0 Å². The van der Waals surface area contributed by atoms with Crippen LogP contribution in [-0.2, 0) is 26.2 Å². The SMILES string of the molecule is CCCNC(=O)[C@@H](C)N(Cc1cccc(C)c1)C(=O)CN(c1ccc(Cl)c(Cl)c1)S(C)(=O)=O. The van der Waals surface area contributed by atoms with Gasteiger partial charge in [-0.15, -0.1) is 0 Å². The fourth-order valence-electron chi connectivity index (χ4n) is 3.24. The predicted octanol–water partition coefficient (Wildman–Crippen LogP) is 4.01. The van der Waals surface area contributed by atoms with Crippen molar-refractivity contribution in [1.29, 1.82) is 0 Å². The smallest absolute Gasteiger partial charge is 0.244 e. The van der Waals surface area contributed by atoms with Gasteiger partial charge in [0.1, 0.15) is 12.6 Å². The molecule has 1 atom stereocenters. The number of amides is 2. The number of benzene rings is 2. The Labute approximate surface area is 205 Å². The Balaban J connectivity index is 2.39. The summed E-state index contributed by atoms with van der Waals surface area (Å²) in [5, 5.41) is 3.23. The highest BCUT2D eigenvalue weighted by Crippen LogP contribution is 2.28. The maximum atomic E-state index is 13.4. The van der Waals surface area contributed by atoms with Crippen LogP contribution in [0.5, 0.6) is 0 Å². The second kappa shape index (κ2) is 11.7. The average Bonchev–Trinajstić information content (AvgIpc) is 2.74. The highest BCUT2D eigenvalue weighted by Gasteiger charge is 2.30. The van der Waals surface area contributed by atoms with Crippen LogP contribution in [0.25, 0.3) is 0 Å². The number of hydrogen-bond acceptors (Lipinski definition) is 4. The van der Waals surface area contributed by atoms with E-state index in [2.05, 4.69) is 5.32 Å². The van der Waals surface area contributed by atoms with Crippen molar-refractivity contribution in [3.05, 3.63) is 63.6 Å². The van der Waals surface area contributed by atoms with Crippen LogP contribution in [0, 0.1) is 6.92 Å². The van der Waals surface area contributed by atoms with E-state index in [9.17, 15) is 18.0 Å². The number of anilines is 1. The Morgan fingerprint density at radius 1 is 1.09 bits per heavy atom. The monoisotopic (exact) mass is 513 g/mol. The molecular weight excluding hydrogens is 485 g/mol. The van der Waals surface area contributed by atoms with E-state index in [1.807, 2.05) is 38.1 Å². The number of carbonyl (C=O) groups is 2. The first-order valence-electron chi connectivity index (χ1n) is 10.5. The lowest BCUT2D eigenvalue weighted by Crippen LogP contribution is -2.51. The van der Waals surface area contributed by atoms with Crippen LogP contribution >= 0.6 is 23.2 Å². The molecule has 0 heterocycles. The summed E-state index contributed by atoms with van der Waals surface area (Å²) in [5.74, 6) is -0.828. The van der Waals surface area contributed by atoms with Crippen LogP contribution in [0.3, 0.4) is 0 Å². The molecule has 0 aliphatic carbocycles. The molecule has 2 aromatic carbocycles. The summed E-state index contributed by atoms with van der Waals surface area (Å²) in [6, 6.07) is 11.1. The van der Waals surface area contributed by atoms with E-state index in [1.165, 1.54) is 23.1 Å². The topological polar surface area (TPSA) is 86.8 Å². The summed E-state index contributed by atoms with van der Waals surface area (Å²) in [7, 11) is -3.83. The van der Waals surface area contributed by atoms with Gasteiger partial charge >= 0.3 is 0 Å². The highest BCUT2D eigenvalue weighted by atomic mass is 35.5. The lowest BCUT2D eigenvalue weighted by molar-refractivity contribution is -0.139. The van der Waals surface area contributed by atoms with Gasteiger partial charge in [-0.2, -0.15) is 0 Å². The molecular formula is C23H29Cl2N3O4S. The molecule has 0 saturated heterocycles. The third-order valence-electron chi connectivity index (χ3n) is 5.02. The molecule has 0 fully saturated rings. The van der Waals surface area contributed by atoms with E-state index in [-0.39, 0.29) is 28.2 Å². The quantitative estimate of drug-likeness (QED) is 0.519. The zero-order valence-electron chi connectivity index (χ0n) is 19.1. The molecule has 33 heavy (non-hydrogen) atoms. The second-order valence-electron chi connectivity index (χ2n) is 7.85. The van der Waals surface area contributed by atoms with E-state index in [4.69, 9.17) is 23.2 Å². The van der Waals surface area contributed by atoms with Crippen LogP contribution < -0.4 is 9.62 Å². The van der Waals surface area contributed by atoms with E-state index >= 15 is 0 Å². The summed E-state index contributed by atoms with van der Waals surface area (Å²) in [6.45, 7) is 5.63. The molecule has 180 valence electrons. The Bertz CT molecular complexity index is 1110. The molecule has 0 unspecified atom stereocenters. The molecule has 2 rings (SSSR count). The minimum Gasteiger partial charge on any atom is -0.354 e. The summed E-state index contributed by atoms with van der Waals surface area (Å²) < 4.78 is 26.0. The van der Waals surface area contributed by atoms with Crippen LogP contribution in [-0.4, -0.2) is 50.5 Å². The third-order valence-corrected chi connectivity index (χ3v) is 6.90. The van der Waals surface area contributed by atoms with Gasteiger partial charge in [-0.05, 0) is 44.0 Å². The fourth-order valence-corrected chi connectivity index (χ4v) is 4.37. The highest BCUT2D eigenvalue weighted by molar-refractivity contribution is 7.92. The molecule has 7 nitrogen and oxygen atoms in total. The van der Waals surface area contributed by atoms with Crippen molar-refractivity contribution >= 4 is 50.7 Å². The Morgan fingerprint density at radius 2 is 1.79 bits per heavy atom. The molecule has 0 bridgehead atoms. The van der Waals surface area contributed by atoms with E-state index in [1.54, 1.807) is 6.92 Å². The van der Waals surface area contributed by atoms with Gasteiger partial charge in [0.05, 0.1) is 22.0 Å². The zero-order valence-corrected chi connectivity index (χ0v) is 21.5. The maximum Gasteiger partial charge on any atom is 0.244 e. The van der Waals surface area contributed by atoms with Gasteiger partial charge < -0.3 is 10.2 Å². The predicted molar refractivity (Wildman–Crippen MR) is 133 cm³/mol. The number of nitrogens with zero attached hydrogens (tertiary/aromatic N) is 2. The zero-order chi connectivity index (χ0) is 24.8. The summed E-state index contributed by atoms with van der Waals surface area (Å²) in [6.07, 6.45) is 1.76. The number of carbonyl (C=O) groups excluding carboxylic acids is 2. The van der Waals surface area contributed by atoms with Gasteiger partial charge in [-0.3, -0.25) is 13.9 Å². The van der Waals surface area contributed by atoms with Crippen molar-refractivity contribution in [2.24, 2.45) is 0 Å². The summed E-state index contributed by atoms with van der Waals surface area (Å²) in [4.78, 5) is 27.5. The molecule has 0 saturated carbocycles. The average molecular weight is 514 g/mol. The van der Waals surface area contributed by atoms with E-state index in [0.29, 0.717) is 6.54 Å². The molecule has 0 spiro atoms. The van der Waals surface area contributed by atoms with E-state index < -0.39 is 28.5 Å². The summed E-state index contributed by atoms with van der Waals surface area (Å²) in [5.41, 5.74) is 2.05. The standard InChI is InChI=1S/C23H29Cl2N3O4S/c1-5-11-26-23(30)17(3)27(14-18-8-6-7-16(2)12-18)22(29)15-28(33(4,31)32)19-9-10-20(24)21(25)13-19/h6-10,12-13,17H,5,11,14-15H2,1-4H3,(H,26,30)/t17-/m1/s1. The molecule has 0 radical (unpaired) electrons. The molecule has 0 aliphatic heterocycles. The number of halogens is 2. The second-order valence-corrected chi connectivity index (χ2v) is 10.6. The van der Waals surface area contributed by atoms with Crippen LogP contribution in [0.4, 0.5) is 5.69 Å². The van der Waals surface area contributed by atoms with Gasteiger partial charge in [0, 0.05) is 13.1 Å². The Hall–Kier alpha value is -2.29. The molecule has 2 aromatic rings. The lowest BCUT2D eigenvalue weighted by atomic mass is 10.1. The van der Waals surface area contributed by atoms with Gasteiger partial charge in [-0.25, -0.2) is 8.42 Å². The van der Waals surface area contributed by atoms with Crippen LogP contribution in [0.1, 0.15) is 31.4 Å². The lowest BCUT2D eigenvalue weighted by Gasteiger charge is -2.31. The van der Waals surface area contributed by atoms with Crippen molar-refractivity contribution < 1.29 is 18.0 Å². The first kappa shape index (κ1) is 27.0. The molecule has 0 aliphatic rings. The first-order chi connectivity index (χ1) is 15.4. The van der Waals surface area contributed by atoms with Crippen molar-refractivity contribution in [3.8, 4) is 0 Å². The van der Waals surface area contributed by atoms with Crippen LogP contribution in [0.2, 0.25) is 10.0 Å². The van der Waals surface area contributed by atoms with Crippen molar-refractivity contribution in [2.75, 3.05) is 23.7 Å². The fraction of sp³-hybridized carbons (Fsp3) is 0.391. The normalized spacial score (nSPS) is 12.2. The number of nitrogens with one attached hydrogen (secondary N) is 1. The third kappa shape index (κ3) is 7.62.